The SMILES string of the molecule is COC(=O)c1ccc2c(c1)c(Br)cn2[C@H]1CC[C@@H](NC(=O)OC(C)(C)C)C1. The molecule has 1 aromatic carbocycles. The van der Waals surface area contributed by atoms with Gasteiger partial charge in [-0.1, -0.05) is 0 Å². The number of carbonyl (C=O) groups is 2. The number of halogens is 1. The molecule has 0 radical (unpaired) electrons. The maximum Gasteiger partial charge on any atom is 0.407 e. The molecule has 2 atom stereocenters. The number of hydrogen-bond acceptors (Lipinski definition) is 4. The van der Waals surface area contributed by atoms with E-state index in [4.69, 9.17) is 9.47 Å². The van der Waals surface area contributed by atoms with E-state index < -0.39 is 5.60 Å². The van der Waals surface area contributed by atoms with Crippen LogP contribution < -0.4 is 5.32 Å². The summed E-state index contributed by atoms with van der Waals surface area (Å²) in [6.45, 7) is 5.57. The molecule has 0 aliphatic heterocycles. The van der Waals surface area contributed by atoms with Crippen molar-refractivity contribution < 1.29 is 19.1 Å². The highest BCUT2D eigenvalue weighted by Gasteiger charge is 2.29. The number of nitrogens with one attached hydrogen (secondary N) is 1. The fourth-order valence-electron chi connectivity index (χ4n) is 3.58. The molecule has 3 rings (SSSR count). The topological polar surface area (TPSA) is 69.6 Å². The molecule has 1 aromatic heterocycles. The Bertz CT molecular complexity index is 869. The second kappa shape index (κ2) is 7.54. The van der Waals surface area contributed by atoms with Gasteiger partial charge in [-0.3, -0.25) is 0 Å². The third-order valence-corrected chi connectivity index (χ3v) is 5.36. The van der Waals surface area contributed by atoms with E-state index in [1.807, 2.05) is 39.1 Å². The first-order chi connectivity index (χ1) is 12.7. The summed E-state index contributed by atoms with van der Waals surface area (Å²) in [5, 5.41) is 3.95. The van der Waals surface area contributed by atoms with Crippen molar-refractivity contribution in [3.8, 4) is 0 Å². The van der Waals surface area contributed by atoms with E-state index in [0.29, 0.717) is 5.56 Å². The molecular weight excluding hydrogens is 412 g/mol. The maximum atomic E-state index is 12.0. The van der Waals surface area contributed by atoms with Gasteiger partial charge >= 0.3 is 12.1 Å². The number of esters is 1. The summed E-state index contributed by atoms with van der Waals surface area (Å²) in [5.74, 6) is -0.348. The number of aromatic nitrogens is 1. The quantitative estimate of drug-likeness (QED) is 0.700. The fraction of sp³-hybridized carbons (Fsp3) is 0.500. The van der Waals surface area contributed by atoms with E-state index in [1.54, 1.807) is 6.07 Å². The third-order valence-electron chi connectivity index (χ3n) is 4.72. The maximum absolute atomic E-state index is 12.0. The number of rotatable bonds is 3. The first-order valence-electron chi connectivity index (χ1n) is 9.06. The lowest BCUT2D eigenvalue weighted by atomic mass is 10.1. The number of ether oxygens (including phenoxy) is 2. The molecule has 0 unspecified atom stereocenters. The van der Waals surface area contributed by atoms with Crippen molar-refractivity contribution in [1.82, 2.24) is 9.88 Å². The Morgan fingerprint density at radius 1 is 1.26 bits per heavy atom. The van der Waals surface area contributed by atoms with E-state index in [9.17, 15) is 9.59 Å². The van der Waals surface area contributed by atoms with Crippen LogP contribution in [0.25, 0.3) is 10.9 Å². The lowest BCUT2D eigenvalue weighted by Crippen LogP contribution is -2.38. The lowest BCUT2D eigenvalue weighted by Gasteiger charge is -2.22. The van der Waals surface area contributed by atoms with Crippen molar-refractivity contribution >= 4 is 38.9 Å². The number of carbonyl (C=O) groups excluding carboxylic acids is 2. The molecule has 1 amide bonds. The van der Waals surface area contributed by atoms with Crippen molar-refractivity contribution in [2.75, 3.05) is 7.11 Å². The van der Waals surface area contributed by atoms with Crippen molar-refractivity contribution in [2.24, 2.45) is 0 Å². The predicted octanol–water partition coefficient (Wildman–Crippen LogP) is 4.81. The number of methoxy groups -OCH3 is 1. The Morgan fingerprint density at radius 3 is 2.67 bits per heavy atom. The van der Waals surface area contributed by atoms with E-state index in [-0.39, 0.29) is 24.1 Å². The first-order valence-corrected chi connectivity index (χ1v) is 9.85. The minimum atomic E-state index is -0.499. The van der Waals surface area contributed by atoms with Crippen LogP contribution in [0.3, 0.4) is 0 Å². The number of hydrogen-bond donors (Lipinski definition) is 1. The molecule has 0 spiro atoms. The smallest absolute Gasteiger partial charge is 0.407 e. The standard InChI is InChI=1S/C20H25BrN2O4/c1-20(2,3)27-19(25)22-13-6-7-14(10-13)23-11-16(21)15-9-12(18(24)26-4)5-8-17(15)23/h5,8-9,11,13-14H,6-7,10H2,1-4H3,(H,22,25)/t13-,14+/m1/s1. The molecule has 6 nitrogen and oxygen atoms in total. The number of alkyl carbamates (subject to hydrolysis) is 1. The molecule has 1 N–H and O–H groups in total. The second-order valence-electron chi connectivity index (χ2n) is 7.92. The van der Waals surface area contributed by atoms with Gasteiger partial charge < -0.3 is 19.4 Å². The van der Waals surface area contributed by atoms with Gasteiger partial charge in [0.2, 0.25) is 0 Å². The zero-order valence-corrected chi connectivity index (χ0v) is 17.6. The van der Waals surface area contributed by atoms with Gasteiger partial charge in [0.15, 0.2) is 0 Å². The largest absolute Gasteiger partial charge is 0.465 e. The normalized spacial score (nSPS) is 19.9. The van der Waals surface area contributed by atoms with Crippen LogP contribution in [0.15, 0.2) is 28.9 Å². The molecule has 7 heteroatoms. The summed E-state index contributed by atoms with van der Waals surface area (Å²) < 4.78 is 13.3. The van der Waals surface area contributed by atoms with Gasteiger partial charge in [-0.2, -0.15) is 0 Å². The van der Waals surface area contributed by atoms with Crippen molar-refractivity contribution in [2.45, 2.75) is 57.7 Å². The zero-order valence-electron chi connectivity index (χ0n) is 16.0. The highest BCUT2D eigenvalue weighted by atomic mass is 79.9. The summed E-state index contributed by atoms with van der Waals surface area (Å²) in [4.78, 5) is 23.8. The van der Waals surface area contributed by atoms with Crippen LogP contribution in [0.1, 0.15) is 56.4 Å². The third kappa shape index (κ3) is 4.46. The first kappa shape index (κ1) is 19.7. The molecule has 0 saturated heterocycles. The van der Waals surface area contributed by atoms with E-state index in [1.165, 1.54) is 7.11 Å². The molecule has 1 fully saturated rings. The molecule has 1 heterocycles. The van der Waals surface area contributed by atoms with E-state index in [2.05, 4.69) is 25.8 Å². The fourth-order valence-corrected chi connectivity index (χ4v) is 4.11. The van der Waals surface area contributed by atoms with Crippen LogP contribution in [0, 0.1) is 0 Å². The van der Waals surface area contributed by atoms with Crippen LogP contribution in [0.4, 0.5) is 4.79 Å². The Balaban J connectivity index is 1.75. The summed E-state index contributed by atoms with van der Waals surface area (Å²) >= 11 is 3.60. The van der Waals surface area contributed by atoms with Crippen molar-refractivity contribution in [3.63, 3.8) is 0 Å². The van der Waals surface area contributed by atoms with Gasteiger partial charge in [0.1, 0.15) is 5.60 Å². The monoisotopic (exact) mass is 436 g/mol. The molecule has 146 valence electrons. The average Bonchev–Trinajstić information content (AvgIpc) is 3.16. The summed E-state index contributed by atoms with van der Waals surface area (Å²) in [5.41, 5.74) is 1.08. The number of nitrogens with zero attached hydrogens (tertiary/aromatic N) is 1. The van der Waals surface area contributed by atoms with Crippen molar-refractivity contribution in [1.29, 1.82) is 0 Å². The lowest BCUT2D eigenvalue weighted by molar-refractivity contribution is 0.0503. The second-order valence-corrected chi connectivity index (χ2v) is 8.77. The zero-order chi connectivity index (χ0) is 19.8. The van der Waals surface area contributed by atoms with Gasteiger partial charge in [0.25, 0.3) is 0 Å². The van der Waals surface area contributed by atoms with E-state index >= 15 is 0 Å². The summed E-state index contributed by atoms with van der Waals surface area (Å²) in [7, 11) is 1.38. The van der Waals surface area contributed by atoms with Gasteiger partial charge in [-0.25, -0.2) is 9.59 Å². The van der Waals surface area contributed by atoms with Crippen LogP contribution in [0.2, 0.25) is 0 Å². The van der Waals surface area contributed by atoms with Crippen LogP contribution in [-0.2, 0) is 9.47 Å². The molecule has 1 aliphatic rings. The van der Waals surface area contributed by atoms with Gasteiger partial charge in [0, 0.05) is 33.7 Å². The Kier molecular flexibility index (Phi) is 5.51. The summed E-state index contributed by atoms with van der Waals surface area (Å²) in [6.07, 6.45) is 4.39. The number of amides is 1. The minimum absolute atomic E-state index is 0.0930. The summed E-state index contributed by atoms with van der Waals surface area (Å²) in [6, 6.07) is 5.94. The van der Waals surface area contributed by atoms with Crippen molar-refractivity contribution in [3.05, 3.63) is 34.4 Å². The molecule has 2 aromatic rings. The van der Waals surface area contributed by atoms with Gasteiger partial charge in [0.05, 0.1) is 12.7 Å². The Labute approximate surface area is 167 Å². The van der Waals surface area contributed by atoms with Crippen LogP contribution in [-0.4, -0.2) is 35.4 Å². The Morgan fingerprint density at radius 2 is 2.00 bits per heavy atom. The van der Waals surface area contributed by atoms with Gasteiger partial charge in [-0.05, 0) is 74.2 Å². The van der Waals surface area contributed by atoms with Crippen LogP contribution in [0.5, 0.6) is 0 Å². The minimum Gasteiger partial charge on any atom is -0.465 e. The molecule has 1 saturated carbocycles. The predicted molar refractivity (Wildman–Crippen MR) is 107 cm³/mol. The highest BCUT2D eigenvalue weighted by molar-refractivity contribution is 9.10. The average molecular weight is 437 g/mol. The number of benzene rings is 1. The highest BCUT2D eigenvalue weighted by Crippen LogP contribution is 2.36. The number of fused-ring (bicyclic) bond motifs is 1. The van der Waals surface area contributed by atoms with E-state index in [0.717, 1.165) is 34.6 Å². The van der Waals surface area contributed by atoms with Gasteiger partial charge in [-0.15, -0.1) is 0 Å². The molecule has 27 heavy (non-hydrogen) atoms. The molecular formula is C20H25BrN2O4. The molecule has 1 aliphatic carbocycles. The Hall–Kier alpha value is -2.02. The van der Waals surface area contributed by atoms with Crippen LogP contribution >= 0.6 is 15.9 Å². The molecule has 0 bridgehead atoms.